The Morgan fingerprint density at radius 1 is 1.28 bits per heavy atom. The highest BCUT2D eigenvalue weighted by molar-refractivity contribution is 5.44. The number of aliphatic hydroxyl groups is 1. The van der Waals surface area contributed by atoms with Crippen LogP contribution in [0.15, 0.2) is 30.6 Å². The molecule has 6 nitrogen and oxygen atoms in total. The van der Waals surface area contributed by atoms with Crippen LogP contribution in [0, 0.1) is 0 Å². The van der Waals surface area contributed by atoms with Crippen LogP contribution < -0.4 is 15.2 Å². The van der Waals surface area contributed by atoms with Crippen molar-refractivity contribution in [3.63, 3.8) is 0 Å². The zero-order valence-corrected chi connectivity index (χ0v) is 9.83. The Hall–Kier alpha value is -2.34. The summed E-state index contributed by atoms with van der Waals surface area (Å²) in [4.78, 5) is 7.85. The summed E-state index contributed by atoms with van der Waals surface area (Å²) >= 11 is 0. The molecule has 1 aromatic carbocycles. The van der Waals surface area contributed by atoms with Crippen LogP contribution in [0.2, 0.25) is 0 Å². The van der Waals surface area contributed by atoms with Crippen LogP contribution in [0.4, 0.5) is 5.82 Å². The van der Waals surface area contributed by atoms with E-state index < -0.39 is 0 Å². The molecular formula is C12H13N3O3. The van der Waals surface area contributed by atoms with Gasteiger partial charge >= 0.3 is 0 Å². The summed E-state index contributed by atoms with van der Waals surface area (Å²) < 4.78 is 10.7. The van der Waals surface area contributed by atoms with E-state index in [-0.39, 0.29) is 18.3 Å². The van der Waals surface area contributed by atoms with Crippen molar-refractivity contribution in [3.05, 3.63) is 36.2 Å². The van der Waals surface area contributed by atoms with E-state index in [1.165, 1.54) is 19.5 Å². The molecule has 0 amide bonds. The summed E-state index contributed by atoms with van der Waals surface area (Å²) in [5.41, 5.74) is 6.24. The maximum absolute atomic E-state index is 9.04. The minimum absolute atomic E-state index is 0.0608. The summed E-state index contributed by atoms with van der Waals surface area (Å²) in [6.45, 7) is -0.0608. The molecule has 0 aliphatic carbocycles. The highest BCUT2D eigenvalue weighted by Gasteiger charge is 2.08. The van der Waals surface area contributed by atoms with Crippen LogP contribution in [0.5, 0.6) is 17.4 Å². The average molecular weight is 247 g/mol. The van der Waals surface area contributed by atoms with Gasteiger partial charge in [0, 0.05) is 0 Å². The Morgan fingerprint density at radius 2 is 2.11 bits per heavy atom. The van der Waals surface area contributed by atoms with Gasteiger partial charge in [-0.2, -0.15) is 4.98 Å². The average Bonchev–Trinajstić information content (AvgIpc) is 2.39. The third-order valence-electron chi connectivity index (χ3n) is 2.26. The molecule has 3 N–H and O–H groups in total. The van der Waals surface area contributed by atoms with Crippen molar-refractivity contribution < 1.29 is 14.6 Å². The second kappa shape index (κ2) is 5.33. The number of methoxy groups -OCH3 is 1. The number of aromatic nitrogens is 2. The van der Waals surface area contributed by atoms with Gasteiger partial charge in [0.1, 0.15) is 5.82 Å². The number of rotatable bonds is 4. The molecule has 0 saturated heterocycles. The van der Waals surface area contributed by atoms with Gasteiger partial charge < -0.3 is 20.3 Å². The van der Waals surface area contributed by atoms with Crippen molar-refractivity contribution >= 4 is 5.82 Å². The Bertz CT molecular complexity index is 546. The van der Waals surface area contributed by atoms with Crippen LogP contribution >= 0.6 is 0 Å². The third-order valence-corrected chi connectivity index (χ3v) is 2.26. The Kier molecular flexibility index (Phi) is 3.59. The minimum Gasteiger partial charge on any atom is -0.493 e. The Balaban J connectivity index is 2.28. The maximum Gasteiger partial charge on any atom is 0.239 e. The number of ether oxygens (including phenoxy) is 2. The van der Waals surface area contributed by atoms with E-state index in [1.807, 2.05) is 0 Å². The first kappa shape index (κ1) is 12.1. The quantitative estimate of drug-likeness (QED) is 0.847. The highest BCUT2D eigenvalue weighted by Crippen LogP contribution is 2.31. The second-order valence-electron chi connectivity index (χ2n) is 3.53. The van der Waals surface area contributed by atoms with Crippen LogP contribution in [0.1, 0.15) is 5.56 Å². The van der Waals surface area contributed by atoms with Crippen molar-refractivity contribution in [3.8, 4) is 17.4 Å². The van der Waals surface area contributed by atoms with Gasteiger partial charge in [-0.3, -0.25) is 4.98 Å². The highest BCUT2D eigenvalue weighted by atomic mass is 16.5. The predicted octanol–water partition coefficient (Wildman–Crippen LogP) is 1.35. The van der Waals surface area contributed by atoms with Crippen LogP contribution in [-0.2, 0) is 6.61 Å². The Morgan fingerprint density at radius 3 is 2.78 bits per heavy atom. The van der Waals surface area contributed by atoms with Crippen molar-refractivity contribution in [2.75, 3.05) is 12.8 Å². The molecule has 0 saturated carbocycles. The van der Waals surface area contributed by atoms with E-state index in [4.69, 9.17) is 20.3 Å². The first-order valence-electron chi connectivity index (χ1n) is 5.26. The standard InChI is InChI=1S/C12H13N3O3/c1-17-10-4-8(7-16)2-3-9(10)18-12-6-14-5-11(13)15-12/h2-6,16H,7H2,1H3,(H2,13,15). The summed E-state index contributed by atoms with van der Waals surface area (Å²) in [5.74, 6) is 1.55. The van der Waals surface area contributed by atoms with Crippen LogP contribution in [0.3, 0.4) is 0 Å². The van der Waals surface area contributed by atoms with Gasteiger partial charge in [-0.05, 0) is 17.7 Å². The van der Waals surface area contributed by atoms with Crippen LogP contribution in [0.25, 0.3) is 0 Å². The molecule has 0 radical (unpaired) electrons. The lowest BCUT2D eigenvalue weighted by Gasteiger charge is -2.10. The summed E-state index contributed by atoms with van der Waals surface area (Å²) in [6, 6.07) is 5.11. The van der Waals surface area contributed by atoms with E-state index in [0.717, 1.165) is 5.56 Å². The lowest BCUT2D eigenvalue weighted by atomic mass is 10.2. The van der Waals surface area contributed by atoms with E-state index in [0.29, 0.717) is 11.5 Å². The van der Waals surface area contributed by atoms with Crippen molar-refractivity contribution in [2.24, 2.45) is 0 Å². The molecule has 1 heterocycles. The monoisotopic (exact) mass is 247 g/mol. The third kappa shape index (κ3) is 2.67. The molecule has 0 fully saturated rings. The van der Waals surface area contributed by atoms with E-state index >= 15 is 0 Å². The van der Waals surface area contributed by atoms with Gasteiger partial charge in [0.25, 0.3) is 0 Å². The fourth-order valence-corrected chi connectivity index (χ4v) is 1.42. The zero-order chi connectivity index (χ0) is 13.0. The molecule has 0 aliphatic rings. The summed E-state index contributed by atoms with van der Waals surface area (Å²) in [5, 5.41) is 9.04. The number of nitrogens with two attached hydrogens (primary N) is 1. The first-order valence-corrected chi connectivity index (χ1v) is 5.26. The normalized spacial score (nSPS) is 10.1. The molecule has 2 rings (SSSR count). The number of nitrogens with zero attached hydrogens (tertiary/aromatic N) is 2. The number of nitrogen functional groups attached to an aromatic ring is 1. The maximum atomic E-state index is 9.04. The molecule has 0 unspecified atom stereocenters. The molecule has 0 aliphatic heterocycles. The molecule has 0 bridgehead atoms. The lowest BCUT2D eigenvalue weighted by Crippen LogP contribution is -1.97. The zero-order valence-electron chi connectivity index (χ0n) is 9.83. The summed E-state index contributed by atoms with van der Waals surface area (Å²) in [6.07, 6.45) is 2.88. The molecule has 94 valence electrons. The van der Waals surface area contributed by atoms with Gasteiger partial charge in [0.2, 0.25) is 5.88 Å². The van der Waals surface area contributed by atoms with Crippen molar-refractivity contribution in [2.45, 2.75) is 6.61 Å². The molecule has 1 aromatic heterocycles. The molecule has 0 spiro atoms. The van der Waals surface area contributed by atoms with Crippen molar-refractivity contribution in [1.29, 1.82) is 0 Å². The number of aliphatic hydroxyl groups excluding tert-OH is 1. The van der Waals surface area contributed by atoms with Gasteiger partial charge in [-0.15, -0.1) is 0 Å². The van der Waals surface area contributed by atoms with Gasteiger partial charge in [0.05, 0.1) is 26.1 Å². The Labute approximate surface area is 104 Å². The van der Waals surface area contributed by atoms with E-state index in [9.17, 15) is 0 Å². The van der Waals surface area contributed by atoms with E-state index in [2.05, 4.69) is 9.97 Å². The fourth-order valence-electron chi connectivity index (χ4n) is 1.42. The SMILES string of the molecule is COc1cc(CO)ccc1Oc1cncc(N)n1. The first-order chi connectivity index (χ1) is 8.72. The van der Waals surface area contributed by atoms with Crippen LogP contribution in [-0.4, -0.2) is 22.2 Å². The van der Waals surface area contributed by atoms with Gasteiger partial charge in [0.15, 0.2) is 11.5 Å². The fraction of sp³-hybridized carbons (Fsp3) is 0.167. The molecule has 2 aromatic rings. The second-order valence-corrected chi connectivity index (χ2v) is 3.53. The van der Waals surface area contributed by atoms with E-state index in [1.54, 1.807) is 18.2 Å². The minimum atomic E-state index is -0.0608. The molecule has 6 heteroatoms. The smallest absolute Gasteiger partial charge is 0.239 e. The topological polar surface area (TPSA) is 90.5 Å². The molecule has 0 atom stereocenters. The number of hydrogen-bond acceptors (Lipinski definition) is 6. The predicted molar refractivity (Wildman–Crippen MR) is 65.4 cm³/mol. The number of anilines is 1. The van der Waals surface area contributed by atoms with Crippen molar-refractivity contribution in [1.82, 2.24) is 9.97 Å². The number of hydrogen-bond donors (Lipinski definition) is 2. The summed E-state index contributed by atoms with van der Waals surface area (Å²) in [7, 11) is 1.52. The lowest BCUT2D eigenvalue weighted by molar-refractivity contribution is 0.280. The molecular weight excluding hydrogens is 234 g/mol. The van der Waals surface area contributed by atoms with Gasteiger partial charge in [-0.1, -0.05) is 6.07 Å². The molecule has 18 heavy (non-hydrogen) atoms. The largest absolute Gasteiger partial charge is 0.493 e. The number of benzene rings is 1. The van der Waals surface area contributed by atoms with Gasteiger partial charge in [-0.25, -0.2) is 0 Å².